The molecule has 3 aliphatic rings. The lowest BCUT2D eigenvalue weighted by molar-refractivity contribution is -0.127. The predicted molar refractivity (Wildman–Crippen MR) is 98.7 cm³/mol. The summed E-state index contributed by atoms with van der Waals surface area (Å²) in [6.07, 6.45) is 4.16. The second kappa shape index (κ2) is 7.60. The van der Waals surface area contributed by atoms with Gasteiger partial charge >= 0.3 is 0 Å². The summed E-state index contributed by atoms with van der Waals surface area (Å²) in [5, 5.41) is 3.61. The molecule has 25 heavy (non-hydrogen) atoms. The van der Waals surface area contributed by atoms with E-state index in [0.717, 1.165) is 18.4 Å². The summed E-state index contributed by atoms with van der Waals surface area (Å²) in [5.74, 6) is 2.43. The SMILES string of the molecule is Cl.NC1C2CCC(C2)C1C(=O)NCCc1cc(Cl)c2c(c1)OCCO2. The van der Waals surface area contributed by atoms with E-state index in [0.29, 0.717) is 54.5 Å². The van der Waals surface area contributed by atoms with Gasteiger partial charge in [-0.2, -0.15) is 0 Å². The quantitative estimate of drug-likeness (QED) is 0.833. The topological polar surface area (TPSA) is 73.6 Å². The van der Waals surface area contributed by atoms with Crippen molar-refractivity contribution in [3.05, 3.63) is 22.7 Å². The second-order valence-corrected chi connectivity index (χ2v) is 7.49. The maximum Gasteiger partial charge on any atom is 0.224 e. The molecule has 1 aromatic rings. The lowest BCUT2D eigenvalue weighted by Crippen LogP contribution is -2.45. The molecule has 0 radical (unpaired) electrons. The number of nitrogens with one attached hydrogen (secondary N) is 1. The first-order chi connectivity index (χ1) is 11.6. The highest BCUT2D eigenvalue weighted by Gasteiger charge is 2.48. The highest BCUT2D eigenvalue weighted by molar-refractivity contribution is 6.32. The summed E-state index contributed by atoms with van der Waals surface area (Å²) in [5.41, 5.74) is 7.26. The molecule has 1 heterocycles. The predicted octanol–water partition coefficient (Wildman–Crippen LogP) is 2.57. The fourth-order valence-corrected chi connectivity index (χ4v) is 4.77. The van der Waals surface area contributed by atoms with E-state index in [9.17, 15) is 4.79 Å². The highest BCUT2D eigenvalue weighted by Crippen LogP contribution is 2.47. The van der Waals surface area contributed by atoms with Gasteiger partial charge in [-0.1, -0.05) is 11.6 Å². The Morgan fingerprint density at radius 2 is 2.00 bits per heavy atom. The van der Waals surface area contributed by atoms with Gasteiger partial charge in [0.15, 0.2) is 11.5 Å². The van der Waals surface area contributed by atoms with Crippen LogP contribution in [0.4, 0.5) is 0 Å². The standard InChI is InChI=1S/C18H23ClN2O3.ClH/c19-13-7-10(8-14-17(13)24-6-5-23-14)3-4-21-18(22)15-11-1-2-12(9-11)16(15)20;/h7-8,11-12,15-16H,1-6,9,20H2,(H,21,22);1H. The Kier molecular flexibility index (Phi) is 5.66. The van der Waals surface area contributed by atoms with Crippen LogP contribution in [0.2, 0.25) is 5.02 Å². The maximum absolute atomic E-state index is 12.5. The highest BCUT2D eigenvalue weighted by atomic mass is 35.5. The molecule has 4 unspecified atom stereocenters. The number of halogens is 2. The third-order valence-corrected chi connectivity index (χ3v) is 5.93. The fourth-order valence-electron chi connectivity index (χ4n) is 4.48. The number of amides is 1. The smallest absolute Gasteiger partial charge is 0.224 e. The zero-order valence-electron chi connectivity index (χ0n) is 14.0. The first-order valence-electron chi connectivity index (χ1n) is 8.75. The number of hydrogen-bond acceptors (Lipinski definition) is 4. The Hall–Kier alpha value is -1.17. The van der Waals surface area contributed by atoms with E-state index in [2.05, 4.69) is 5.32 Å². The van der Waals surface area contributed by atoms with Gasteiger partial charge in [-0.15, -0.1) is 12.4 Å². The van der Waals surface area contributed by atoms with Crippen LogP contribution in [0.1, 0.15) is 24.8 Å². The maximum atomic E-state index is 12.5. The van der Waals surface area contributed by atoms with E-state index in [-0.39, 0.29) is 30.3 Å². The number of ether oxygens (including phenoxy) is 2. The van der Waals surface area contributed by atoms with Crippen LogP contribution in [0.25, 0.3) is 0 Å². The molecule has 0 spiro atoms. The summed E-state index contributed by atoms with van der Waals surface area (Å²) < 4.78 is 11.1. The van der Waals surface area contributed by atoms with Crippen LogP contribution in [0.15, 0.2) is 12.1 Å². The molecule has 4 atom stereocenters. The summed E-state index contributed by atoms with van der Waals surface area (Å²) >= 11 is 6.25. The lowest BCUT2D eigenvalue weighted by atomic mass is 9.84. The number of fused-ring (bicyclic) bond motifs is 3. The van der Waals surface area contributed by atoms with Gasteiger partial charge in [0, 0.05) is 12.6 Å². The number of carbonyl (C=O) groups is 1. The molecule has 138 valence electrons. The van der Waals surface area contributed by atoms with Gasteiger partial charge in [-0.05, 0) is 55.2 Å². The third kappa shape index (κ3) is 3.55. The van der Waals surface area contributed by atoms with E-state index in [1.165, 1.54) is 6.42 Å². The van der Waals surface area contributed by atoms with Crippen molar-refractivity contribution < 1.29 is 14.3 Å². The van der Waals surface area contributed by atoms with Gasteiger partial charge in [0.1, 0.15) is 13.2 Å². The van der Waals surface area contributed by atoms with Gasteiger partial charge in [0.05, 0.1) is 10.9 Å². The summed E-state index contributed by atoms with van der Waals surface area (Å²) in [7, 11) is 0. The Labute approximate surface area is 159 Å². The molecule has 2 saturated carbocycles. The first kappa shape index (κ1) is 18.6. The molecule has 2 fully saturated rings. The normalized spacial score (nSPS) is 29.2. The minimum Gasteiger partial charge on any atom is -0.486 e. The van der Waals surface area contributed by atoms with E-state index in [4.69, 9.17) is 26.8 Å². The molecule has 7 heteroatoms. The van der Waals surface area contributed by atoms with Gasteiger partial charge in [0.2, 0.25) is 5.91 Å². The minimum atomic E-state index is -0.00685. The number of carbonyl (C=O) groups excluding carboxylic acids is 1. The van der Waals surface area contributed by atoms with Crippen molar-refractivity contribution in [1.82, 2.24) is 5.32 Å². The van der Waals surface area contributed by atoms with Crippen LogP contribution in [-0.2, 0) is 11.2 Å². The zero-order chi connectivity index (χ0) is 16.7. The van der Waals surface area contributed by atoms with Crippen LogP contribution < -0.4 is 20.5 Å². The number of hydrogen-bond donors (Lipinski definition) is 2. The summed E-state index contributed by atoms with van der Waals surface area (Å²) in [6, 6.07) is 3.85. The average molecular weight is 387 g/mol. The number of rotatable bonds is 4. The van der Waals surface area contributed by atoms with Crippen LogP contribution in [0, 0.1) is 17.8 Å². The van der Waals surface area contributed by atoms with Crippen molar-refractivity contribution in [3.8, 4) is 11.5 Å². The summed E-state index contributed by atoms with van der Waals surface area (Å²) in [6.45, 7) is 1.63. The fraction of sp³-hybridized carbons (Fsp3) is 0.611. The van der Waals surface area contributed by atoms with Crippen LogP contribution in [0.5, 0.6) is 11.5 Å². The Bertz CT molecular complexity index is 653. The average Bonchev–Trinajstić information content (AvgIpc) is 3.16. The van der Waals surface area contributed by atoms with E-state index >= 15 is 0 Å². The van der Waals surface area contributed by atoms with Crippen molar-refractivity contribution in [2.45, 2.75) is 31.7 Å². The summed E-state index contributed by atoms with van der Waals surface area (Å²) in [4.78, 5) is 12.5. The minimum absolute atomic E-state index is 0. The van der Waals surface area contributed by atoms with Crippen LogP contribution in [0.3, 0.4) is 0 Å². The van der Waals surface area contributed by atoms with E-state index in [1.807, 2.05) is 12.1 Å². The number of nitrogens with two attached hydrogens (primary N) is 1. The van der Waals surface area contributed by atoms with Crippen molar-refractivity contribution in [1.29, 1.82) is 0 Å². The Morgan fingerprint density at radius 3 is 2.76 bits per heavy atom. The van der Waals surface area contributed by atoms with Gasteiger partial charge in [-0.25, -0.2) is 0 Å². The van der Waals surface area contributed by atoms with Crippen molar-refractivity contribution in [2.75, 3.05) is 19.8 Å². The molecule has 3 N–H and O–H groups in total. The van der Waals surface area contributed by atoms with Crippen LogP contribution >= 0.6 is 24.0 Å². The molecule has 1 aromatic carbocycles. The molecular weight excluding hydrogens is 363 g/mol. The van der Waals surface area contributed by atoms with E-state index in [1.54, 1.807) is 0 Å². The van der Waals surface area contributed by atoms with Gasteiger partial charge in [0.25, 0.3) is 0 Å². The first-order valence-corrected chi connectivity index (χ1v) is 9.12. The van der Waals surface area contributed by atoms with Crippen molar-refractivity contribution in [3.63, 3.8) is 0 Å². The third-order valence-electron chi connectivity index (χ3n) is 5.65. The number of benzene rings is 1. The molecule has 2 aliphatic carbocycles. The molecule has 1 aliphatic heterocycles. The lowest BCUT2D eigenvalue weighted by Gasteiger charge is -2.27. The molecule has 0 saturated heterocycles. The second-order valence-electron chi connectivity index (χ2n) is 7.08. The molecule has 0 aromatic heterocycles. The monoisotopic (exact) mass is 386 g/mol. The van der Waals surface area contributed by atoms with E-state index < -0.39 is 0 Å². The molecule has 4 rings (SSSR count). The molecule has 2 bridgehead atoms. The largest absolute Gasteiger partial charge is 0.486 e. The Balaban J connectivity index is 0.00000182. The van der Waals surface area contributed by atoms with Crippen LogP contribution in [-0.4, -0.2) is 31.7 Å². The van der Waals surface area contributed by atoms with Crippen molar-refractivity contribution >= 4 is 29.9 Å². The van der Waals surface area contributed by atoms with Gasteiger partial charge < -0.3 is 20.5 Å². The van der Waals surface area contributed by atoms with Gasteiger partial charge in [-0.3, -0.25) is 4.79 Å². The van der Waals surface area contributed by atoms with Crippen molar-refractivity contribution in [2.24, 2.45) is 23.5 Å². The molecular formula is C18H24Cl2N2O3. The zero-order valence-corrected chi connectivity index (χ0v) is 15.6. The Morgan fingerprint density at radius 1 is 1.24 bits per heavy atom. The molecule has 1 amide bonds. The molecule has 5 nitrogen and oxygen atoms in total.